The number of rotatable bonds is 5. The van der Waals surface area contributed by atoms with Crippen LogP contribution < -0.4 is 10.1 Å². The Morgan fingerprint density at radius 2 is 2.00 bits per heavy atom. The molecule has 2 aromatic carbocycles. The van der Waals surface area contributed by atoms with Crippen LogP contribution in [0.4, 0.5) is 9.18 Å². The molecule has 0 spiro atoms. The number of benzene rings is 2. The molecule has 2 N–H and O–H groups in total. The summed E-state index contributed by atoms with van der Waals surface area (Å²) in [6.45, 7) is 1.50. The van der Waals surface area contributed by atoms with E-state index in [4.69, 9.17) is 9.84 Å². The molecular weight excluding hydrogens is 325 g/mol. The smallest absolute Gasteiger partial charge is 0.412 e. The molecule has 1 saturated carbocycles. The number of hydrogen-bond acceptors (Lipinski definition) is 3. The molecule has 0 bridgehead atoms. The molecule has 1 aliphatic rings. The van der Waals surface area contributed by atoms with Crippen LogP contribution in [0, 0.1) is 5.82 Å². The molecule has 3 rings (SSSR count). The van der Waals surface area contributed by atoms with Crippen LogP contribution in [0.15, 0.2) is 42.5 Å². The number of carboxylic acids is 1. The van der Waals surface area contributed by atoms with Crippen molar-refractivity contribution >= 4 is 12.1 Å². The average Bonchev–Trinajstić information content (AvgIpc) is 3.37. The summed E-state index contributed by atoms with van der Waals surface area (Å²) in [5.74, 6) is -2.00. The maximum Gasteiger partial charge on any atom is 0.412 e. The quantitative estimate of drug-likeness (QED) is 0.862. The van der Waals surface area contributed by atoms with E-state index in [1.165, 1.54) is 19.1 Å². The molecule has 0 radical (unpaired) electrons. The molecule has 5 nitrogen and oxygen atoms in total. The van der Waals surface area contributed by atoms with Gasteiger partial charge in [0.05, 0.1) is 5.92 Å². The molecule has 6 heteroatoms. The number of amides is 1. The molecule has 1 amide bonds. The van der Waals surface area contributed by atoms with Gasteiger partial charge >= 0.3 is 12.1 Å². The molecule has 1 fully saturated rings. The lowest BCUT2D eigenvalue weighted by Gasteiger charge is -2.11. The third kappa shape index (κ3) is 4.15. The van der Waals surface area contributed by atoms with E-state index in [0.29, 0.717) is 22.4 Å². The first-order valence-corrected chi connectivity index (χ1v) is 8.05. The zero-order valence-electron chi connectivity index (χ0n) is 13.7. The van der Waals surface area contributed by atoms with E-state index in [9.17, 15) is 14.0 Å². The standard InChI is InChI=1S/C19H18FNO4/c1-11(18(22)23)12-5-8-16(17(20)10-12)13-3-2-4-15(9-13)25-19(24)21-14-6-7-14/h2-5,8-11,14H,6-7H2,1H3,(H,21,24)(H,22,23). The molecule has 0 heterocycles. The number of aliphatic carboxylic acids is 1. The Hall–Kier alpha value is -2.89. The van der Waals surface area contributed by atoms with Crippen molar-refractivity contribution in [2.24, 2.45) is 0 Å². The largest absolute Gasteiger partial charge is 0.481 e. The lowest BCUT2D eigenvalue weighted by molar-refractivity contribution is -0.138. The molecule has 1 aliphatic carbocycles. The summed E-state index contributed by atoms with van der Waals surface area (Å²) < 4.78 is 19.6. The summed E-state index contributed by atoms with van der Waals surface area (Å²) in [4.78, 5) is 22.7. The third-order valence-corrected chi connectivity index (χ3v) is 4.12. The number of carbonyl (C=O) groups is 2. The third-order valence-electron chi connectivity index (χ3n) is 4.12. The van der Waals surface area contributed by atoms with Crippen LogP contribution in [-0.2, 0) is 4.79 Å². The Morgan fingerprint density at radius 3 is 2.64 bits per heavy atom. The van der Waals surface area contributed by atoms with E-state index < -0.39 is 23.8 Å². The number of ether oxygens (including phenoxy) is 1. The highest BCUT2D eigenvalue weighted by atomic mass is 19.1. The molecule has 0 saturated heterocycles. The minimum absolute atomic E-state index is 0.192. The molecule has 1 atom stereocenters. The van der Waals surface area contributed by atoms with Crippen LogP contribution in [0.2, 0.25) is 0 Å². The fraction of sp³-hybridized carbons (Fsp3) is 0.263. The molecule has 0 aromatic heterocycles. The van der Waals surface area contributed by atoms with E-state index in [1.54, 1.807) is 30.3 Å². The van der Waals surface area contributed by atoms with Crippen LogP contribution in [0.25, 0.3) is 11.1 Å². The normalized spacial score (nSPS) is 14.6. The number of nitrogens with one attached hydrogen (secondary N) is 1. The van der Waals surface area contributed by atoms with Crippen LogP contribution in [0.3, 0.4) is 0 Å². The molecule has 0 aliphatic heterocycles. The maximum absolute atomic E-state index is 14.4. The van der Waals surface area contributed by atoms with Crippen molar-refractivity contribution < 1.29 is 23.8 Å². The Kier molecular flexibility index (Phi) is 4.70. The fourth-order valence-electron chi connectivity index (χ4n) is 2.44. The van der Waals surface area contributed by atoms with Crippen molar-refractivity contribution in [2.75, 3.05) is 0 Å². The van der Waals surface area contributed by atoms with Gasteiger partial charge in [-0.15, -0.1) is 0 Å². The van der Waals surface area contributed by atoms with Gasteiger partial charge in [-0.1, -0.05) is 24.3 Å². The number of carbonyl (C=O) groups excluding carboxylic acids is 1. The highest BCUT2D eigenvalue weighted by molar-refractivity contribution is 5.76. The predicted molar refractivity (Wildman–Crippen MR) is 90.1 cm³/mol. The molecule has 1 unspecified atom stereocenters. The Bertz CT molecular complexity index is 817. The first-order chi connectivity index (χ1) is 11.9. The minimum Gasteiger partial charge on any atom is -0.481 e. The SMILES string of the molecule is CC(C(=O)O)c1ccc(-c2cccc(OC(=O)NC3CC3)c2)c(F)c1. The number of hydrogen-bond donors (Lipinski definition) is 2. The maximum atomic E-state index is 14.4. The number of carboxylic acid groups (broad SMARTS) is 1. The zero-order valence-corrected chi connectivity index (χ0v) is 13.7. The summed E-state index contributed by atoms with van der Waals surface area (Å²) in [5, 5.41) is 11.7. The topological polar surface area (TPSA) is 75.6 Å². The van der Waals surface area contributed by atoms with E-state index in [1.807, 2.05) is 0 Å². The zero-order chi connectivity index (χ0) is 18.0. The molecular formula is C19H18FNO4. The van der Waals surface area contributed by atoms with Crippen LogP contribution in [-0.4, -0.2) is 23.2 Å². The van der Waals surface area contributed by atoms with Crippen molar-refractivity contribution in [3.05, 3.63) is 53.8 Å². The second kappa shape index (κ2) is 6.93. The van der Waals surface area contributed by atoms with Crippen molar-refractivity contribution in [3.8, 4) is 16.9 Å². The lowest BCUT2D eigenvalue weighted by Crippen LogP contribution is -2.28. The molecule has 130 valence electrons. The Labute approximate surface area is 144 Å². The second-order valence-electron chi connectivity index (χ2n) is 6.14. The van der Waals surface area contributed by atoms with E-state index in [2.05, 4.69) is 5.32 Å². The highest BCUT2D eigenvalue weighted by Crippen LogP contribution is 2.29. The van der Waals surface area contributed by atoms with Gasteiger partial charge < -0.3 is 15.2 Å². The first kappa shape index (κ1) is 17.0. The monoisotopic (exact) mass is 343 g/mol. The van der Waals surface area contributed by atoms with E-state index in [-0.39, 0.29) is 6.04 Å². The summed E-state index contributed by atoms with van der Waals surface area (Å²) in [5.41, 5.74) is 1.25. The minimum atomic E-state index is -1.01. The van der Waals surface area contributed by atoms with Gasteiger partial charge in [0.2, 0.25) is 0 Å². The highest BCUT2D eigenvalue weighted by Gasteiger charge is 2.24. The number of halogens is 1. The van der Waals surface area contributed by atoms with Crippen LogP contribution in [0.1, 0.15) is 31.2 Å². The van der Waals surface area contributed by atoms with Crippen molar-refractivity contribution in [1.29, 1.82) is 0 Å². The van der Waals surface area contributed by atoms with Gasteiger partial charge in [-0.05, 0) is 49.1 Å². The van der Waals surface area contributed by atoms with Gasteiger partial charge in [0.15, 0.2) is 0 Å². The Morgan fingerprint density at radius 1 is 1.24 bits per heavy atom. The molecule has 25 heavy (non-hydrogen) atoms. The Balaban J connectivity index is 1.80. The summed E-state index contributed by atoms with van der Waals surface area (Å²) in [7, 11) is 0. The van der Waals surface area contributed by atoms with Crippen LogP contribution in [0.5, 0.6) is 5.75 Å². The van der Waals surface area contributed by atoms with Crippen molar-refractivity contribution in [2.45, 2.75) is 31.7 Å². The van der Waals surface area contributed by atoms with E-state index in [0.717, 1.165) is 12.8 Å². The van der Waals surface area contributed by atoms with Gasteiger partial charge in [-0.25, -0.2) is 9.18 Å². The average molecular weight is 343 g/mol. The van der Waals surface area contributed by atoms with Crippen LogP contribution >= 0.6 is 0 Å². The first-order valence-electron chi connectivity index (χ1n) is 8.05. The van der Waals surface area contributed by atoms with Gasteiger partial charge in [0.25, 0.3) is 0 Å². The van der Waals surface area contributed by atoms with Crippen molar-refractivity contribution in [3.63, 3.8) is 0 Å². The van der Waals surface area contributed by atoms with Gasteiger partial charge in [0, 0.05) is 11.6 Å². The summed E-state index contributed by atoms with van der Waals surface area (Å²) in [6, 6.07) is 11.1. The van der Waals surface area contributed by atoms with Gasteiger partial charge in [-0.2, -0.15) is 0 Å². The second-order valence-corrected chi connectivity index (χ2v) is 6.14. The van der Waals surface area contributed by atoms with E-state index >= 15 is 0 Å². The lowest BCUT2D eigenvalue weighted by atomic mass is 9.97. The molecule has 2 aromatic rings. The van der Waals surface area contributed by atoms with Crippen molar-refractivity contribution in [1.82, 2.24) is 5.32 Å². The predicted octanol–water partition coefficient (Wildman–Crippen LogP) is 3.93. The summed E-state index contributed by atoms with van der Waals surface area (Å²) >= 11 is 0. The fourth-order valence-corrected chi connectivity index (χ4v) is 2.44. The van der Waals surface area contributed by atoms with Gasteiger partial charge in [0.1, 0.15) is 11.6 Å². The van der Waals surface area contributed by atoms with Gasteiger partial charge in [-0.3, -0.25) is 4.79 Å². The summed E-state index contributed by atoms with van der Waals surface area (Å²) in [6.07, 6.45) is 1.40.